The lowest BCUT2D eigenvalue weighted by Crippen LogP contribution is -2.02. The first-order valence-electron chi connectivity index (χ1n) is 5.18. The third kappa shape index (κ3) is 3.96. The van der Waals surface area contributed by atoms with Crippen LogP contribution in [0.2, 0.25) is 5.02 Å². The molecule has 2 nitrogen and oxygen atoms in total. The van der Waals surface area contributed by atoms with Gasteiger partial charge < -0.3 is 0 Å². The van der Waals surface area contributed by atoms with Crippen molar-refractivity contribution >= 4 is 51.7 Å². The summed E-state index contributed by atoms with van der Waals surface area (Å²) in [5.74, 6) is 0.489. The zero-order valence-electron chi connectivity index (χ0n) is 9.27. The number of rotatable bonds is 4. The van der Waals surface area contributed by atoms with Crippen molar-refractivity contribution in [3.63, 3.8) is 0 Å². The van der Waals surface area contributed by atoms with Gasteiger partial charge in [0.1, 0.15) is 0 Å². The average molecular weight is 390 g/mol. The summed E-state index contributed by atoms with van der Waals surface area (Å²) in [6.45, 7) is 0. The van der Waals surface area contributed by atoms with Crippen LogP contribution in [0.1, 0.15) is 10.4 Å². The predicted octanol–water partition coefficient (Wildman–Crippen LogP) is 4.31. The van der Waals surface area contributed by atoms with Crippen LogP contribution in [0.4, 0.5) is 0 Å². The molecule has 0 N–H and O–H groups in total. The zero-order chi connectivity index (χ0) is 13.0. The highest BCUT2D eigenvalue weighted by Gasteiger charge is 2.07. The maximum Gasteiger partial charge on any atom is 0.173 e. The highest BCUT2D eigenvalue weighted by atomic mass is 127. The molecular weight excluding hydrogens is 381 g/mol. The van der Waals surface area contributed by atoms with Gasteiger partial charge in [-0.1, -0.05) is 35.5 Å². The standard InChI is InChI=1S/C13H9ClINOS/c14-10-3-6-13(16-7-10)18-8-12(17)9-1-4-11(15)5-2-9/h1-7H,8H2. The van der Waals surface area contributed by atoms with E-state index < -0.39 is 0 Å². The number of aromatic nitrogens is 1. The lowest BCUT2D eigenvalue weighted by Gasteiger charge is -2.01. The lowest BCUT2D eigenvalue weighted by molar-refractivity contribution is 0.102. The summed E-state index contributed by atoms with van der Waals surface area (Å²) < 4.78 is 1.12. The molecule has 0 saturated carbocycles. The third-order valence-corrected chi connectivity index (χ3v) is 4.10. The molecule has 0 aliphatic rings. The van der Waals surface area contributed by atoms with E-state index in [9.17, 15) is 4.79 Å². The highest BCUT2D eigenvalue weighted by molar-refractivity contribution is 14.1. The monoisotopic (exact) mass is 389 g/mol. The fourth-order valence-corrected chi connectivity index (χ4v) is 2.51. The van der Waals surface area contributed by atoms with Crippen molar-refractivity contribution < 1.29 is 4.79 Å². The van der Waals surface area contributed by atoms with Crippen LogP contribution in [-0.4, -0.2) is 16.5 Å². The Kier molecular flexibility index (Phi) is 5.03. The second-order valence-electron chi connectivity index (χ2n) is 3.53. The van der Waals surface area contributed by atoms with E-state index in [0.717, 1.165) is 14.2 Å². The van der Waals surface area contributed by atoms with Gasteiger partial charge in [-0.05, 0) is 46.9 Å². The maximum atomic E-state index is 11.9. The van der Waals surface area contributed by atoms with Crippen molar-refractivity contribution in [2.75, 3.05) is 5.75 Å². The quantitative estimate of drug-likeness (QED) is 0.443. The number of Topliss-reactive ketones (excluding diaryl/α,β-unsaturated/α-hetero) is 1. The molecule has 18 heavy (non-hydrogen) atoms. The summed E-state index contributed by atoms with van der Waals surface area (Å²) in [5, 5.41) is 1.40. The number of nitrogens with zero attached hydrogens (tertiary/aromatic N) is 1. The van der Waals surface area contributed by atoms with Crippen LogP contribution < -0.4 is 0 Å². The second-order valence-corrected chi connectivity index (χ2v) is 6.21. The molecule has 92 valence electrons. The average Bonchev–Trinajstić information content (AvgIpc) is 2.38. The molecule has 2 rings (SSSR count). The summed E-state index contributed by atoms with van der Waals surface area (Å²) in [6, 6.07) is 11.1. The van der Waals surface area contributed by atoms with E-state index in [4.69, 9.17) is 11.6 Å². The molecule has 0 amide bonds. The first-order chi connectivity index (χ1) is 8.65. The molecule has 0 atom stereocenters. The molecule has 0 radical (unpaired) electrons. The number of carbonyl (C=O) groups excluding carboxylic acids is 1. The van der Waals surface area contributed by atoms with Crippen LogP contribution in [0, 0.1) is 3.57 Å². The maximum absolute atomic E-state index is 11.9. The van der Waals surface area contributed by atoms with Gasteiger partial charge in [0, 0.05) is 15.3 Å². The van der Waals surface area contributed by atoms with Crippen LogP contribution in [0.3, 0.4) is 0 Å². The molecule has 0 saturated heterocycles. The molecule has 0 aliphatic carbocycles. The smallest absolute Gasteiger partial charge is 0.173 e. The summed E-state index contributed by atoms with van der Waals surface area (Å²) >= 11 is 9.38. The van der Waals surface area contributed by atoms with Crippen molar-refractivity contribution in [1.29, 1.82) is 0 Å². The summed E-state index contributed by atoms with van der Waals surface area (Å²) in [6.07, 6.45) is 1.58. The first kappa shape index (κ1) is 13.8. The largest absolute Gasteiger partial charge is 0.293 e. The van der Waals surface area contributed by atoms with Gasteiger partial charge in [0.15, 0.2) is 5.78 Å². The Morgan fingerprint density at radius 3 is 2.56 bits per heavy atom. The fourth-order valence-electron chi connectivity index (χ4n) is 1.31. The predicted molar refractivity (Wildman–Crippen MR) is 83.5 cm³/mol. The Hall–Kier alpha value is -0.590. The zero-order valence-corrected chi connectivity index (χ0v) is 13.0. The van der Waals surface area contributed by atoms with Crippen molar-refractivity contribution in [3.05, 3.63) is 56.8 Å². The molecule has 0 unspecified atom stereocenters. The van der Waals surface area contributed by atoms with Crippen LogP contribution >= 0.6 is 46.0 Å². The minimum atomic E-state index is 0.105. The number of hydrogen-bond donors (Lipinski definition) is 0. The van der Waals surface area contributed by atoms with Crippen molar-refractivity contribution in [3.8, 4) is 0 Å². The fraction of sp³-hybridized carbons (Fsp3) is 0.0769. The summed E-state index contributed by atoms with van der Waals surface area (Å²) in [4.78, 5) is 16.1. The second kappa shape index (κ2) is 6.54. The normalized spacial score (nSPS) is 10.3. The van der Waals surface area contributed by atoms with Gasteiger partial charge in [0.2, 0.25) is 0 Å². The van der Waals surface area contributed by atoms with E-state index in [0.29, 0.717) is 10.8 Å². The molecule has 5 heteroatoms. The van der Waals surface area contributed by atoms with Gasteiger partial charge >= 0.3 is 0 Å². The van der Waals surface area contributed by atoms with Crippen LogP contribution in [0.5, 0.6) is 0 Å². The Morgan fingerprint density at radius 1 is 1.22 bits per heavy atom. The Balaban J connectivity index is 1.96. The van der Waals surface area contributed by atoms with Crippen LogP contribution in [0.15, 0.2) is 47.6 Å². The highest BCUT2D eigenvalue weighted by Crippen LogP contribution is 2.18. The SMILES string of the molecule is O=C(CSc1ccc(Cl)cn1)c1ccc(I)cc1. The molecule has 1 aromatic heterocycles. The topological polar surface area (TPSA) is 30.0 Å². The van der Waals surface area contributed by atoms with E-state index in [2.05, 4.69) is 27.6 Å². The van der Waals surface area contributed by atoms with E-state index in [1.54, 1.807) is 12.3 Å². The van der Waals surface area contributed by atoms with E-state index >= 15 is 0 Å². The van der Waals surface area contributed by atoms with Gasteiger partial charge in [-0.25, -0.2) is 4.98 Å². The number of carbonyl (C=O) groups is 1. The minimum Gasteiger partial charge on any atom is -0.293 e. The molecule has 1 heterocycles. The number of halogens is 2. The van der Waals surface area contributed by atoms with Crippen LogP contribution in [-0.2, 0) is 0 Å². The molecule has 0 spiro atoms. The third-order valence-electron chi connectivity index (χ3n) is 2.22. The Labute approximate surface area is 128 Å². The Bertz CT molecular complexity index is 542. The van der Waals surface area contributed by atoms with Gasteiger partial charge in [-0.15, -0.1) is 0 Å². The van der Waals surface area contributed by atoms with Gasteiger partial charge in [-0.2, -0.15) is 0 Å². The first-order valence-corrected chi connectivity index (χ1v) is 7.62. The van der Waals surface area contributed by atoms with E-state index in [1.165, 1.54) is 11.8 Å². The summed E-state index contributed by atoms with van der Waals surface area (Å²) in [5.41, 5.74) is 0.733. The molecule has 1 aromatic carbocycles. The molecule has 0 fully saturated rings. The lowest BCUT2D eigenvalue weighted by atomic mass is 10.2. The van der Waals surface area contributed by atoms with Gasteiger partial charge in [0.05, 0.1) is 15.8 Å². The number of benzene rings is 1. The molecule has 0 aliphatic heterocycles. The van der Waals surface area contributed by atoms with Gasteiger partial charge in [0.25, 0.3) is 0 Å². The number of ketones is 1. The van der Waals surface area contributed by atoms with Crippen molar-refractivity contribution in [1.82, 2.24) is 4.98 Å². The summed E-state index contributed by atoms with van der Waals surface area (Å²) in [7, 11) is 0. The number of hydrogen-bond acceptors (Lipinski definition) is 3. The van der Waals surface area contributed by atoms with E-state index in [-0.39, 0.29) is 5.78 Å². The van der Waals surface area contributed by atoms with Gasteiger partial charge in [-0.3, -0.25) is 4.79 Å². The van der Waals surface area contributed by atoms with Crippen molar-refractivity contribution in [2.45, 2.75) is 5.03 Å². The molecule has 0 bridgehead atoms. The molecular formula is C13H9ClINOS. The van der Waals surface area contributed by atoms with Crippen LogP contribution in [0.25, 0.3) is 0 Å². The van der Waals surface area contributed by atoms with Crippen molar-refractivity contribution in [2.24, 2.45) is 0 Å². The Morgan fingerprint density at radius 2 is 1.94 bits per heavy atom. The number of pyridine rings is 1. The molecule has 2 aromatic rings. The number of thioether (sulfide) groups is 1. The van der Waals surface area contributed by atoms with E-state index in [1.807, 2.05) is 30.3 Å². The minimum absolute atomic E-state index is 0.105.